The van der Waals surface area contributed by atoms with E-state index in [-0.39, 0.29) is 0 Å². The maximum atomic E-state index is 12.5. The fourth-order valence-corrected chi connectivity index (χ4v) is 3.49. The van der Waals surface area contributed by atoms with Crippen molar-refractivity contribution >= 4 is 30.4 Å². The second-order valence-electron chi connectivity index (χ2n) is 3.41. The molecule has 0 saturated heterocycles. The molecule has 0 saturated carbocycles. The molecule has 0 aliphatic rings. The number of thiophene rings is 1. The zero-order valence-electron chi connectivity index (χ0n) is 10.0. The molecule has 0 spiro atoms. The average molecular weight is 284 g/mol. The number of H-pyrrole nitrogens is 1. The highest BCUT2D eigenvalue weighted by atomic mass is 32.1. The number of nitrogens with zero attached hydrogens (tertiary/aromatic N) is 1. The Morgan fingerprint density at radius 2 is 2.22 bits per heavy atom. The molecule has 0 atom stereocenters. The van der Waals surface area contributed by atoms with Crippen molar-refractivity contribution in [2.24, 2.45) is 0 Å². The predicted octanol–water partition coefficient (Wildman–Crippen LogP) is 2.89. The van der Waals surface area contributed by atoms with Crippen LogP contribution < -0.4 is 5.44 Å². The summed E-state index contributed by atoms with van der Waals surface area (Å²) >= 11 is 1.54. The second kappa shape index (κ2) is 5.20. The van der Waals surface area contributed by atoms with Gasteiger partial charge in [0.2, 0.25) is 0 Å². The van der Waals surface area contributed by atoms with E-state index in [2.05, 4.69) is 16.8 Å². The number of hydrogen-bond donors (Lipinski definition) is 1. The molecule has 2 aromatic rings. The molecule has 0 aromatic carbocycles. The van der Waals surface area contributed by atoms with Gasteiger partial charge in [0.15, 0.2) is 5.44 Å². The van der Waals surface area contributed by atoms with Crippen molar-refractivity contribution in [2.75, 3.05) is 14.2 Å². The van der Waals surface area contributed by atoms with Crippen LogP contribution in [0.5, 0.6) is 0 Å². The molecule has 5 nitrogen and oxygen atoms in total. The lowest BCUT2D eigenvalue weighted by atomic mass is 10.1. The average Bonchev–Trinajstić information content (AvgIpc) is 3.05. The van der Waals surface area contributed by atoms with Crippen molar-refractivity contribution in [3.63, 3.8) is 0 Å². The van der Waals surface area contributed by atoms with E-state index in [9.17, 15) is 4.57 Å². The topological polar surface area (TPSA) is 64.2 Å². The minimum absolute atomic E-state index is 0.348. The van der Waals surface area contributed by atoms with Crippen LogP contribution in [0.4, 0.5) is 0 Å². The maximum Gasteiger partial charge on any atom is 0.379 e. The van der Waals surface area contributed by atoms with Crippen molar-refractivity contribution < 1.29 is 13.6 Å². The first kappa shape index (κ1) is 13.2. The van der Waals surface area contributed by atoms with E-state index in [0.29, 0.717) is 16.7 Å². The van der Waals surface area contributed by atoms with Crippen LogP contribution in [0.2, 0.25) is 0 Å². The zero-order valence-corrected chi connectivity index (χ0v) is 11.8. The SMILES string of the molecule is C=Cc1n[nH]c(P(=O)(OC)OC)c1-c1ccsc1. The van der Waals surface area contributed by atoms with Crippen molar-refractivity contribution in [3.8, 4) is 11.1 Å². The summed E-state index contributed by atoms with van der Waals surface area (Å²) in [5, 5.41) is 10.7. The molecule has 0 fully saturated rings. The van der Waals surface area contributed by atoms with Crippen molar-refractivity contribution in [2.45, 2.75) is 0 Å². The van der Waals surface area contributed by atoms with E-state index in [1.54, 1.807) is 17.4 Å². The van der Waals surface area contributed by atoms with Crippen LogP contribution >= 0.6 is 18.9 Å². The van der Waals surface area contributed by atoms with E-state index in [1.165, 1.54) is 14.2 Å². The smallest absolute Gasteiger partial charge is 0.308 e. The van der Waals surface area contributed by atoms with E-state index in [0.717, 1.165) is 5.56 Å². The Hall–Kier alpha value is -1.20. The van der Waals surface area contributed by atoms with Crippen molar-refractivity contribution in [1.82, 2.24) is 10.2 Å². The van der Waals surface area contributed by atoms with Crippen LogP contribution in [0.25, 0.3) is 17.2 Å². The van der Waals surface area contributed by atoms with Crippen LogP contribution in [-0.2, 0) is 13.6 Å². The van der Waals surface area contributed by atoms with Gasteiger partial charge in [0.1, 0.15) is 0 Å². The molecule has 0 aliphatic carbocycles. The number of hydrogen-bond acceptors (Lipinski definition) is 5. The maximum absolute atomic E-state index is 12.5. The first-order valence-corrected chi connectivity index (χ1v) is 7.60. The highest BCUT2D eigenvalue weighted by molar-refractivity contribution is 7.62. The summed E-state index contributed by atoms with van der Waals surface area (Å²) in [4.78, 5) is 0. The molecule has 0 unspecified atom stereocenters. The van der Waals surface area contributed by atoms with Gasteiger partial charge in [-0.2, -0.15) is 16.4 Å². The van der Waals surface area contributed by atoms with E-state index < -0.39 is 7.60 Å². The Bertz CT molecular complexity index is 583. The normalized spacial score (nSPS) is 11.7. The molecule has 7 heteroatoms. The molecule has 2 heterocycles. The van der Waals surface area contributed by atoms with Gasteiger partial charge in [-0.05, 0) is 28.5 Å². The Morgan fingerprint density at radius 1 is 1.50 bits per heavy atom. The molecule has 0 radical (unpaired) electrons. The molecule has 0 bridgehead atoms. The molecular weight excluding hydrogens is 271 g/mol. The summed E-state index contributed by atoms with van der Waals surface area (Å²) in [7, 11) is -0.679. The van der Waals surface area contributed by atoms with Crippen LogP contribution in [0, 0.1) is 0 Å². The highest BCUT2D eigenvalue weighted by Gasteiger charge is 2.32. The molecule has 0 amide bonds. The van der Waals surface area contributed by atoms with Crippen molar-refractivity contribution in [1.29, 1.82) is 0 Å². The lowest BCUT2D eigenvalue weighted by Gasteiger charge is -2.13. The second-order valence-corrected chi connectivity index (χ2v) is 6.36. The highest BCUT2D eigenvalue weighted by Crippen LogP contribution is 2.47. The number of aromatic amines is 1. The Kier molecular flexibility index (Phi) is 3.82. The third-order valence-corrected chi connectivity index (χ3v) is 5.05. The molecule has 2 rings (SSSR count). The van der Waals surface area contributed by atoms with Crippen LogP contribution in [0.3, 0.4) is 0 Å². The first-order valence-electron chi connectivity index (χ1n) is 5.11. The molecule has 1 N–H and O–H groups in total. The van der Waals surface area contributed by atoms with E-state index in [4.69, 9.17) is 9.05 Å². The molecule has 0 aliphatic heterocycles. The summed E-state index contributed by atoms with van der Waals surface area (Å²) < 4.78 is 22.5. The Morgan fingerprint density at radius 3 is 2.72 bits per heavy atom. The number of nitrogens with one attached hydrogen (secondary N) is 1. The Labute approximate surface area is 109 Å². The quantitative estimate of drug-likeness (QED) is 0.857. The van der Waals surface area contributed by atoms with Crippen molar-refractivity contribution in [3.05, 3.63) is 29.1 Å². The summed E-state index contributed by atoms with van der Waals surface area (Å²) in [6.07, 6.45) is 1.60. The van der Waals surface area contributed by atoms with Gasteiger partial charge in [-0.15, -0.1) is 0 Å². The van der Waals surface area contributed by atoms with Gasteiger partial charge < -0.3 is 9.05 Å². The van der Waals surface area contributed by atoms with Gasteiger partial charge in [-0.25, -0.2) is 0 Å². The minimum Gasteiger partial charge on any atom is -0.308 e. The van der Waals surface area contributed by atoms with Crippen LogP contribution in [0.15, 0.2) is 23.4 Å². The standard InChI is InChI=1S/C11H13N2O3PS/c1-4-9-10(8-5-6-18-7-8)11(13-12-9)17(14,15-2)16-3/h4-7H,1H2,2-3H3,(H,12,13). The first-order chi connectivity index (χ1) is 8.66. The van der Waals surface area contributed by atoms with Gasteiger partial charge >= 0.3 is 7.60 Å². The monoisotopic (exact) mass is 284 g/mol. The fraction of sp³-hybridized carbons (Fsp3) is 0.182. The molecule has 18 heavy (non-hydrogen) atoms. The third-order valence-electron chi connectivity index (χ3n) is 2.53. The third kappa shape index (κ3) is 2.08. The predicted molar refractivity (Wildman–Crippen MR) is 73.3 cm³/mol. The number of rotatable bonds is 5. The summed E-state index contributed by atoms with van der Waals surface area (Å²) in [6.45, 7) is 3.70. The van der Waals surface area contributed by atoms with E-state index >= 15 is 0 Å². The summed E-state index contributed by atoms with van der Waals surface area (Å²) in [5.74, 6) is 0. The Balaban J connectivity index is 2.67. The van der Waals surface area contributed by atoms with Gasteiger partial charge in [0.05, 0.1) is 5.69 Å². The largest absolute Gasteiger partial charge is 0.379 e. The van der Waals surface area contributed by atoms with Gasteiger partial charge in [0.25, 0.3) is 0 Å². The van der Waals surface area contributed by atoms with Gasteiger partial charge in [0, 0.05) is 19.8 Å². The van der Waals surface area contributed by atoms with Gasteiger partial charge in [-0.3, -0.25) is 9.66 Å². The van der Waals surface area contributed by atoms with Crippen LogP contribution in [-0.4, -0.2) is 24.4 Å². The fourth-order valence-electron chi connectivity index (χ4n) is 1.64. The van der Waals surface area contributed by atoms with Crippen LogP contribution in [0.1, 0.15) is 5.69 Å². The summed E-state index contributed by atoms with van der Waals surface area (Å²) in [5.41, 5.74) is 2.59. The lowest BCUT2D eigenvalue weighted by Crippen LogP contribution is -2.11. The number of aromatic nitrogens is 2. The zero-order chi connectivity index (χ0) is 13.2. The summed E-state index contributed by atoms with van der Waals surface area (Å²) in [6, 6.07) is 1.92. The minimum atomic E-state index is -3.37. The lowest BCUT2D eigenvalue weighted by molar-refractivity contribution is 0.286. The molecule has 2 aromatic heterocycles. The van der Waals surface area contributed by atoms with Gasteiger partial charge in [-0.1, -0.05) is 6.58 Å². The molecule has 96 valence electrons. The molecular formula is C11H13N2O3PS. The van der Waals surface area contributed by atoms with E-state index in [1.807, 2.05) is 16.8 Å².